The summed E-state index contributed by atoms with van der Waals surface area (Å²) < 4.78 is 73.3. The van der Waals surface area contributed by atoms with E-state index in [0.29, 0.717) is 94.5 Å². The van der Waals surface area contributed by atoms with Crippen LogP contribution in [-0.4, -0.2) is 147 Å². The number of rotatable bonds is 38. The number of nitrogens with one attached hydrogen (secondary N) is 2. The van der Waals surface area contributed by atoms with Crippen molar-refractivity contribution in [3.63, 3.8) is 0 Å². The molecule has 2 fully saturated rings. The molecular weight excluding hydrogens is 1080 g/mol. The second kappa shape index (κ2) is 38.4. The Labute approximate surface area is 504 Å². The van der Waals surface area contributed by atoms with Crippen molar-refractivity contribution in [1.29, 1.82) is 0 Å². The van der Waals surface area contributed by atoms with Gasteiger partial charge < -0.3 is 70.2 Å². The van der Waals surface area contributed by atoms with Crippen LogP contribution in [0.3, 0.4) is 0 Å². The van der Waals surface area contributed by atoms with Crippen LogP contribution in [0.25, 0.3) is 0 Å². The molecule has 16 nitrogen and oxygen atoms in total. The summed E-state index contributed by atoms with van der Waals surface area (Å²) in [5, 5.41) is 27.9. The third kappa shape index (κ3) is 25.8. The van der Waals surface area contributed by atoms with Crippen LogP contribution in [0, 0.1) is 64.6 Å². The molecule has 18 heteroatoms. The van der Waals surface area contributed by atoms with Crippen LogP contribution >= 0.6 is 0 Å². The van der Waals surface area contributed by atoms with E-state index < -0.39 is 54.5 Å². The Morgan fingerprint density at radius 2 is 0.952 bits per heavy atom. The summed E-state index contributed by atoms with van der Waals surface area (Å²) in [6.07, 6.45) is 5.68. The fraction of sp³-hybridized carbons (Fsp3) is 0.788. The molecule has 84 heavy (non-hydrogen) atoms. The topological polar surface area (TPSA) is 225 Å². The molecule has 2 amide bonds. The van der Waals surface area contributed by atoms with Gasteiger partial charge in [-0.2, -0.15) is 0 Å². The molecule has 484 valence electrons. The fourth-order valence-corrected chi connectivity index (χ4v) is 11.4. The summed E-state index contributed by atoms with van der Waals surface area (Å²) in [5.74, 6) is -0.884. The lowest BCUT2D eigenvalue weighted by Gasteiger charge is -2.37. The first-order valence-electron chi connectivity index (χ1n) is 31.3. The molecule has 2 aliphatic rings. The largest absolute Gasteiger partial charge is 0.493 e. The van der Waals surface area contributed by atoms with Crippen LogP contribution in [0.4, 0.5) is 8.78 Å². The van der Waals surface area contributed by atoms with Gasteiger partial charge in [0, 0.05) is 103 Å². The molecule has 2 saturated heterocycles. The minimum atomic E-state index is -3.00. The number of aliphatic hydroxyl groups is 2. The smallest absolute Gasteiger partial charge is 0.268 e. The molecule has 8 atom stereocenters. The van der Waals surface area contributed by atoms with Gasteiger partial charge in [0.2, 0.25) is 11.8 Å². The normalized spacial score (nSPS) is 17.6. The lowest BCUT2D eigenvalue weighted by atomic mass is 9.74. The molecule has 0 aliphatic carbocycles. The SMILES string of the molecule is COCCCOc1cc(C[C@@H](C[C@H](N)[C@@H](O)C[C@H](C(=O)NCC(C)(C)C2CCOCC2)C(C)C)C(C)C)ccc1OC.COCCCOc1cc(C[C@@H](C[C@H](N)[C@@H](O)C[C@H](C(=O)NCC(F)(F)C2CCOCC2)C(C)C)C(C)C)ccc1OC. The number of hydrogen-bond donors (Lipinski definition) is 6. The van der Waals surface area contributed by atoms with Gasteiger partial charge in [-0.15, -0.1) is 0 Å². The van der Waals surface area contributed by atoms with E-state index in [4.69, 9.17) is 49.4 Å². The van der Waals surface area contributed by atoms with Crippen LogP contribution in [0.1, 0.15) is 145 Å². The summed E-state index contributed by atoms with van der Waals surface area (Å²) >= 11 is 0. The highest BCUT2D eigenvalue weighted by atomic mass is 19.3. The molecule has 2 aliphatic heterocycles. The maximum absolute atomic E-state index is 14.7. The number of aliphatic hydroxyl groups excluding tert-OH is 2. The fourth-order valence-electron chi connectivity index (χ4n) is 11.4. The standard InChI is InChI=1S/C34H60N2O6.C32H54F2N2O6/c1-23(2)26(18-25-10-11-31(40-8)32(19-25)42-15-9-14-39-7)20-29(35)30(37)21-28(24(3)4)33(38)36-22-34(5,6)27-12-16-41-17-13-27;1-21(2)24(16-23-8-9-29(40-6)30(17-23)42-13-7-12-39-5)18-27(35)28(37)19-26(22(3)4)31(38)36-20-32(33,34)25-10-14-41-15-11-25/h10-11,19,23-24,26-30,37H,9,12-18,20-22,35H2,1-8H3,(H,36,38);8-9,17,21-22,24-28,37H,7,10-16,18-20,35H2,1-6H3,(H,36,38)/t26-,28-,29-,30-;24-,26-,27-,28-/m00/s1. The minimum Gasteiger partial charge on any atom is -0.493 e. The second-order valence-electron chi connectivity index (χ2n) is 25.8. The second-order valence-corrected chi connectivity index (χ2v) is 25.8. The van der Waals surface area contributed by atoms with E-state index >= 15 is 0 Å². The van der Waals surface area contributed by atoms with E-state index in [9.17, 15) is 28.6 Å². The Balaban J connectivity index is 0.000000440. The zero-order valence-electron chi connectivity index (χ0n) is 54.0. The minimum absolute atomic E-state index is 0.00322. The molecule has 2 aromatic rings. The number of halogens is 2. The van der Waals surface area contributed by atoms with Crippen LogP contribution < -0.4 is 41.0 Å². The Morgan fingerprint density at radius 1 is 0.571 bits per heavy atom. The summed E-state index contributed by atoms with van der Waals surface area (Å²) in [7, 11) is 6.59. The van der Waals surface area contributed by atoms with Crippen LogP contribution in [0.2, 0.25) is 0 Å². The maximum Gasteiger partial charge on any atom is 0.268 e. The summed E-state index contributed by atoms with van der Waals surface area (Å²) in [5.41, 5.74) is 15.3. The highest BCUT2D eigenvalue weighted by molar-refractivity contribution is 5.79. The average Bonchev–Trinajstić information content (AvgIpc) is 3.68. The van der Waals surface area contributed by atoms with Crippen molar-refractivity contribution in [1.82, 2.24) is 10.6 Å². The van der Waals surface area contributed by atoms with Crippen molar-refractivity contribution in [3.8, 4) is 23.0 Å². The predicted molar refractivity (Wildman–Crippen MR) is 329 cm³/mol. The Kier molecular flexibility index (Phi) is 34.0. The van der Waals surface area contributed by atoms with Gasteiger partial charge >= 0.3 is 0 Å². The monoisotopic (exact) mass is 1190 g/mol. The van der Waals surface area contributed by atoms with E-state index in [1.54, 1.807) is 28.4 Å². The van der Waals surface area contributed by atoms with Crippen LogP contribution in [0.5, 0.6) is 23.0 Å². The molecule has 0 bridgehead atoms. The lowest BCUT2D eigenvalue weighted by molar-refractivity contribution is -0.133. The molecule has 0 unspecified atom stereocenters. The first-order valence-corrected chi connectivity index (χ1v) is 31.3. The molecule has 0 radical (unpaired) electrons. The van der Waals surface area contributed by atoms with E-state index in [0.717, 1.165) is 68.6 Å². The number of amides is 2. The number of methoxy groups -OCH3 is 4. The third-order valence-corrected chi connectivity index (χ3v) is 17.6. The van der Waals surface area contributed by atoms with Gasteiger partial charge in [0.1, 0.15) is 0 Å². The first kappa shape index (κ1) is 74.4. The molecular formula is C66H114F2N4O12. The third-order valence-electron chi connectivity index (χ3n) is 17.6. The number of hydrogen-bond acceptors (Lipinski definition) is 14. The molecule has 2 heterocycles. The van der Waals surface area contributed by atoms with E-state index in [2.05, 4.69) is 58.2 Å². The van der Waals surface area contributed by atoms with Gasteiger partial charge in [0.05, 0.1) is 46.2 Å². The molecule has 4 rings (SSSR count). The van der Waals surface area contributed by atoms with Gasteiger partial charge in [0.25, 0.3) is 5.92 Å². The van der Waals surface area contributed by atoms with Gasteiger partial charge in [-0.25, -0.2) is 8.78 Å². The van der Waals surface area contributed by atoms with E-state index in [1.807, 2.05) is 58.0 Å². The molecule has 0 saturated carbocycles. The lowest BCUT2D eigenvalue weighted by Crippen LogP contribution is -2.47. The number of carbonyl (C=O) groups excluding carboxylic acids is 2. The number of carbonyl (C=O) groups is 2. The van der Waals surface area contributed by atoms with Crippen molar-refractivity contribution >= 4 is 11.8 Å². The Morgan fingerprint density at radius 3 is 1.31 bits per heavy atom. The van der Waals surface area contributed by atoms with Crippen molar-refractivity contribution in [2.75, 3.05) is 94.4 Å². The van der Waals surface area contributed by atoms with Crippen LogP contribution in [-0.2, 0) is 41.4 Å². The van der Waals surface area contributed by atoms with Crippen molar-refractivity contribution < 1.29 is 66.5 Å². The highest BCUT2D eigenvalue weighted by Gasteiger charge is 2.42. The number of nitrogens with two attached hydrogens (primary N) is 2. The molecule has 8 N–H and O–H groups in total. The van der Waals surface area contributed by atoms with Gasteiger partial charge in [0.15, 0.2) is 23.0 Å². The summed E-state index contributed by atoms with van der Waals surface area (Å²) in [4.78, 5) is 26.3. The number of ether oxygens (including phenoxy) is 8. The average molecular weight is 1190 g/mol. The molecule has 0 spiro atoms. The summed E-state index contributed by atoms with van der Waals surface area (Å²) in [6, 6.07) is 11.0. The van der Waals surface area contributed by atoms with Crippen molar-refractivity contribution in [3.05, 3.63) is 47.5 Å². The first-order chi connectivity index (χ1) is 39.8. The van der Waals surface area contributed by atoms with Crippen molar-refractivity contribution in [2.45, 2.75) is 177 Å². The molecule has 2 aromatic carbocycles. The van der Waals surface area contributed by atoms with E-state index in [1.165, 1.54) is 0 Å². The van der Waals surface area contributed by atoms with Crippen LogP contribution in [0.15, 0.2) is 36.4 Å². The Hall–Kier alpha value is -3.88. The summed E-state index contributed by atoms with van der Waals surface area (Å²) in [6.45, 7) is 25.3. The highest BCUT2D eigenvalue weighted by Crippen LogP contribution is 2.37. The quantitative estimate of drug-likeness (QED) is 0.0344. The van der Waals surface area contributed by atoms with Gasteiger partial charge in [-0.3, -0.25) is 9.59 Å². The molecule has 0 aromatic heterocycles. The van der Waals surface area contributed by atoms with Gasteiger partial charge in [-0.05, 0) is 146 Å². The van der Waals surface area contributed by atoms with E-state index in [-0.39, 0.29) is 66.1 Å². The zero-order valence-corrected chi connectivity index (χ0v) is 54.0. The number of alkyl halides is 2. The maximum atomic E-state index is 14.7. The zero-order chi connectivity index (χ0) is 62.6. The van der Waals surface area contributed by atoms with Crippen molar-refractivity contribution in [2.24, 2.45) is 76.1 Å². The predicted octanol–water partition coefficient (Wildman–Crippen LogP) is 10.1. The van der Waals surface area contributed by atoms with Gasteiger partial charge in [-0.1, -0.05) is 81.4 Å². The number of benzene rings is 2. The Bertz CT molecular complexity index is 1990.